The van der Waals surface area contributed by atoms with Crippen LogP contribution < -0.4 is 0 Å². The second-order valence-corrected chi connectivity index (χ2v) is 2.31. The minimum atomic E-state index is -0.857. The number of rotatable bonds is 4. The Morgan fingerprint density at radius 2 is 1.60 bits per heavy atom. The molecule has 0 aromatic carbocycles. The predicted octanol–water partition coefficient (Wildman–Crippen LogP) is 2.19. The highest BCUT2D eigenvalue weighted by Crippen LogP contribution is 1.99. The third kappa shape index (κ3) is 7.36. The molecular formula is C9H14O6. The van der Waals surface area contributed by atoms with E-state index >= 15 is 0 Å². The largest absolute Gasteiger partial charge is 0.513 e. The highest BCUT2D eigenvalue weighted by Gasteiger charge is 2.05. The average molecular weight is 218 g/mol. The molecular weight excluding hydrogens is 204 g/mol. The van der Waals surface area contributed by atoms with Gasteiger partial charge in [-0.1, -0.05) is 0 Å². The quantitative estimate of drug-likeness (QED) is 0.532. The lowest BCUT2D eigenvalue weighted by atomic mass is 10.6. The van der Waals surface area contributed by atoms with Gasteiger partial charge in [0.15, 0.2) is 0 Å². The molecule has 0 bridgehead atoms. The van der Waals surface area contributed by atoms with Crippen molar-refractivity contribution in [2.24, 2.45) is 0 Å². The monoisotopic (exact) mass is 218 g/mol. The van der Waals surface area contributed by atoms with Gasteiger partial charge >= 0.3 is 12.3 Å². The maximum absolute atomic E-state index is 10.8. The predicted molar refractivity (Wildman–Crippen MR) is 50.0 cm³/mol. The second kappa shape index (κ2) is 7.66. The van der Waals surface area contributed by atoms with Crippen LogP contribution in [0.1, 0.15) is 20.8 Å². The van der Waals surface area contributed by atoms with Crippen LogP contribution in [0, 0.1) is 0 Å². The van der Waals surface area contributed by atoms with Crippen LogP contribution in [0.5, 0.6) is 0 Å². The molecule has 0 saturated heterocycles. The van der Waals surface area contributed by atoms with Crippen molar-refractivity contribution >= 4 is 12.3 Å². The van der Waals surface area contributed by atoms with Crippen molar-refractivity contribution in [1.82, 2.24) is 0 Å². The lowest BCUT2D eigenvalue weighted by Crippen LogP contribution is -2.07. The number of allylic oxidation sites excluding steroid dienone is 1. The Hall–Kier alpha value is -1.72. The Morgan fingerprint density at radius 1 is 1.07 bits per heavy atom. The van der Waals surface area contributed by atoms with Crippen LogP contribution in [-0.2, 0) is 18.9 Å². The van der Waals surface area contributed by atoms with E-state index in [4.69, 9.17) is 0 Å². The minimum Gasteiger partial charge on any atom is -0.434 e. The summed E-state index contributed by atoms with van der Waals surface area (Å²) in [6, 6.07) is 0. The maximum atomic E-state index is 10.8. The lowest BCUT2D eigenvalue weighted by Gasteiger charge is -2.03. The Balaban J connectivity index is 3.88. The van der Waals surface area contributed by atoms with Gasteiger partial charge in [0.2, 0.25) is 0 Å². The highest BCUT2D eigenvalue weighted by molar-refractivity contribution is 5.62. The van der Waals surface area contributed by atoms with Gasteiger partial charge in [0.1, 0.15) is 12.0 Å². The van der Waals surface area contributed by atoms with Crippen LogP contribution in [0.2, 0.25) is 0 Å². The summed E-state index contributed by atoms with van der Waals surface area (Å²) in [5.74, 6) is 0.0986. The minimum absolute atomic E-state index is 0.0986. The summed E-state index contributed by atoms with van der Waals surface area (Å²) < 4.78 is 18.0. The first-order valence-corrected chi connectivity index (χ1v) is 4.44. The Labute approximate surface area is 87.7 Å². The number of hydrogen-bond acceptors (Lipinski definition) is 6. The second-order valence-electron chi connectivity index (χ2n) is 2.31. The number of carbonyl (C=O) groups is 2. The molecule has 0 spiro atoms. The number of hydrogen-bond donors (Lipinski definition) is 0. The van der Waals surface area contributed by atoms with Crippen molar-refractivity contribution < 1.29 is 28.5 Å². The zero-order valence-electron chi connectivity index (χ0n) is 8.94. The molecule has 86 valence electrons. The van der Waals surface area contributed by atoms with Gasteiger partial charge in [0.25, 0.3) is 0 Å². The fourth-order valence-electron chi connectivity index (χ4n) is 0.586. The van der Waals surface area contributed by atoms with E-state index < -0.39 is 12.3 Å². The van der Waals surface area contributed by atoms with Crippen LogP contribution in [-0.4, -0.2) is 25.5 Å². The van der Waals surface area contributed by atoms with E-state index in [9.17, 15) is 9.59 Å². The van der Waals surface area contributed by atoms with Gasteiger partial charge < -0.3 is 18.9 Å². The lowest BCUT2D eigenvalue weighted by molar-refractivity contribution is 0.0707. The van der Waals surface area contributed by atoms with Crippen molar-refractivity contribution in [3.05, 3.63) is 12.0 Å². The van der Waals surface area contributed by atoms with Gasteiger partial charge in [-0.2, -0.15) is 0 Å². The smallest absolute Gasteiger partial charge is 0.434 e. The molecule has 0 atom stereocenters. The van der Waals surface area contributed by atoms with Crippen molar-refractivity contribution in [2.75, 3.05) is 13.2 Å². The summed E-state index contributed by atoms with van der Waals surface area (Å²) in [6.07, 6.45) is -0.738. The molecule has 0 aromatic rings. The third-order valence-corrected chi connectivity index (χ3v) is 1.09. The highest BCUT2D eigenvalue weighted by atomic mass is 16.7. The van der Waals surface area contributed by atoms with E-state index in [0.717, 1.165) is 6.26 Å². The first-order chi connectivity index (χ1) is 7.10. The Bertz CT molecular complexity index is 245. The molecule has 0 unspecified atom stereocenters. The first-order valence-electron chi connectivity index (χ1n) is 4.44. The van der Waals surface area contributed by atoms with E-state index in [0.29, 0.717) is 0 Å². The van der Waals surface area contributed by atoms with Crippen molar-refractivity contribution in [2.45, 2.75) is 20.8 Å². The first kappa shape index (κ1) is 13.3. The van der Waals surface area contributed by atoms with Gasteiger partial charge in [0, 0.05) is 0 Å². The molecule has 0 rings (SSSR count). The summed E-state index contributed by atoms with van der Waals surface area (Å²) in [7, 11) is 0. The summed E-state index contributed by atoms with van der Waals surface area (Å²) >= 11 is 0. The van der Waals surface area contributed by atoms with Crippen molar-refractivity contribution in [1.29, 1.82) is 0 Å². The van der Waals surface area contributed by atoms with Crippen LogP contribution in [0.15, 0.2) is 12.0 Å². The molecule has 6 nitrogen and oxygen atoms in total. The molecule has 0 saturated carbocycles. The van der Waals surface area contributed by atoms with Crippen LogP contribution in [0.4, 0.5) is 9.59 Å². The van der Waals surface area contributed by atoms with Gasteiger partial charge in [0.05, 0.1) is 13.2 Å². The zero-order valence-corrected chi connectivity index (χ0v) is 8.94. The van der Waals surface area contributed by atoms with Gasteiger partial charge in [-0.05, 0) is 20.8 Å². The summed E-state index contributed by atoms with van der Waals surface area (Å²) in [5.41, 5.74) is 0. The number of ether oxygens (including phenoxy) is 4. The van der Waals surface area contributed by atoms with Gasteiger partial charge in [-0.15, -0.1) is 0 Å². The molecule has 0 fully saturated rings. The molecule has 0 N–H and O–H groups in total. The van der Waals surface area contributed by atoms with Crippen molar-refractivity contribution in [3.63, 3.8) is 0 Å². The molecule has 0 amide bonds. The summed E-state index contributed by atoms with van der Waals surface area (Å²) in [5, 5.41) is 0. The van der Waals surface area contributed by atoms with E-state index in [2.05, 4.69) is 18.9 Å². The molecule has 15 heavy (non-hydrogen) atoms. The molecule has 0 radical (unpaired) electrons. The molecule has 6 heteroatoms. The topological polar surface area (TPSA) is 71.1 Å². The fourth-order valence-corrected chi connectivity index (χ4v) is 0.586. The van der Waals surface area contributed by atoms with Crippen LogP contribution in [0.25, 0.3) is 0 Å². The Kier molecular flexibility index (Phi) is 6.78. The SMILES string of the molecule is CCOC(=O)OC=C(C)OC(=O)OCC. The Morgan fingerprint density at radius 3 is 2.13 bits per heavy atom. The van der Waals surface area contributed by atoms with Crippen LogP contribution in [0.3, 0.4) is 0 Å². The number of carbonyl (C=O) groups excluding carboxylic acids is 2. The van der Waals surface area contributed by atoms with E-state index in [-0.39, 0.29) is 19.0 Å². The normalized spacial score (nSPS) is 10.5. The standard InChI is InChI=1S/C9H14O6/c1-4-12-8(10)14-6-7(3)15-9(11)13-5-2/h6H,4-5H2,1-3H3. The van der Waals surface area contributed by atoms with E-state index in [1.54, 1.807) is 13.8 Å². The fraction of sp³-hybridized carbons (Fsp3) is 0.556. The van der Waals surface area contributed by atoms with E-state index in [1.807, 2.05) is 0 Å². The molecule has 0 heterocycles. The van der Waals surface area contributed by atoms with Gasteiger partial charge in [-0.3, -0.25) is 0 Å². The molecule has 0 aliphatic heterocycles. The van der Waals surface area contributed by atoms with Crippen LogP contribution >= 0.6 is 0 Å². The van der Waals surface area contributed by atoms with Gasteiger partial charge in [-0.25, -0.2) is 9.59 Å². The maximum Gasteiger partial charge on any atom is 0.513 e. The molecule has 0 aliphatic rings. The molecule has 0 aliphatic carbocycles. The van der Waals surface area contributed by atoms with Crippen molar-refractivity contribution in [3.8, 4) is 0 Å². The summed E-state index contributed by atoms with van der Waals surface area (Å²) in [4.78, 5) is 21.5. The zero-order chi connectivity index (χ0) is 11.7. The average Bonchev–Trinajstić information content (AvgIpc) is 2.15. The third-order valence-electron chi connectivity index (χ3n) is 1.09. The molecule has 0 aromatic heterocycles. The van der Waals surface area contributed by atoms with E-state index in [1.165, 1.54) is 6.92 Å². The summed E-state index contributed by atoms with van der Waals surface area (Å²) in [6.45, 7) is 5.16.